The van der Waals surface area contributed by atoms with E-state index in [9.17, 15) is 9.59 Å². The molecule has 0 rings (SSSR count). The second kappa shape index (κ2) is 6.62. The molecule has 0 fully saturated rings. The van der Waals surface area contributed by atoms with Crippen LogP contribution in [0.25, 0.3) is 0 Å². The third-order valence-corrected chi connectivity index (χ3v) is 0.936. The highest BCUT2D eigenvalue weighted by atomic mass is 16.1. The van der Waals surface area contributed by atoms with E-state index in [0.29, 0.717) is 0 Å². The van der Waals surface area contributed by atoms with Crippen molar-refractivity contribution in [3.63, 3.8) is 0 Å². The van der Waals surface area contributed by atoms with Crippen LogP contribution in [0.2, 0.25) is 0 Å². The number of unbranched alkanes of at least 4 members (excludes halogenated alkanes) is 1. The van der Waals surface area contributed by atoms with Crippen LogP contribution in [-0.2, 0) is 9.59 Å². The Bertz CT molecular complexity index is 213. The summed E-state index contributed by atoms with van der Waals surface area (Å²) in [6.45, 7) is 1.96. The highest BCUT2D eigenvalue weighted by molar-refractivity contribution is 5.41. The Kier molecular flexibility index (Phi) is 5.72. The third kappa shape index (κ3) is 4.97. The molecule has 0 unspecified atom stereocenters. The summed E-state index contributed by atoms with van der Waals surface area (Å²) in [7, 11) is 0. The lowest BCUT2D eigenvalue weighted by molar-refractivity contribution is 0.563. The highest BCUT2D eigenvalue weighted by Crippen LogP contribution is 1.99. The van der Waals surface area contributed by atoms with Crippen LogP contribution in [0.5, 0.6) is 0 Å². The fraction of sp³-hybridized carbons (Fsp3) is 0.429. The van der Waals surface area contributed by atoms with Crippen molar-refractivity contribution in [2.45, 2.75) is 19.8 Å². The van der Waals surface area contributed by atoms with Gasteiger partial charge in [-0.3, -0.25) is 0 Å². The number of carbonyl (C=O) groups excluding carboxylic acids is 2. The first kappa shape index (κ1) is 9.50. The smallest absolute Gasteiger partial charge is 0.211 e. The summed E-state index contributed by atoms with van der Waals surface area (Å²) in [5.41, 5.74) is 0. The molecule has 0 aromatic carbocycles. The number of isocyanates is 2. The minimum Gasteiger partial charge on any atom is -0.211 e. The molecule has 11 heavy (non-hydrogen) atoms. The van der Waals surface area contributed by atoms with Crippen LogP contribution >= 0.6 is 0 Å². The molecule has 0 atom stereocenters. The summed E-state index contributed by atoms with van der Waals surface area (Å²) in [5, 5.41) is 0. The van der Waals surface area contributed by atoms with Crippen LogP contribution in [0.3, 0.4) is 0 Å². The normalized spacial score (nSPS) is 7.36. The SMILES string of the molecule is CCCC=C(N=C=O)N=C=O. The number of hydrogen-bond acceptors (Lipinski definition) is 4. The van der Waals surface area contributed by atoms with Gasteiger partial charge in [-0.2, -0.15) is 0 Å². The first-order valence-corrected chi connectivity index (χ1v) is 3.21. The summed E-state index contributed by atoms with van der Waals surface area (Å²) < 4.78 is 0. The van der Waals surface area contributed by atoms with Gasteiger partial charge in [0.2, 0.25) is 12.2 Å². The molecular formula is C7H8N2O2. The monoisotopic (exact) mass is 152 g/mol. The van der Waals surface area contributed by atoms with Gasteiger partial charge in [0.05, 0.1) is 0 Å². The van der Waals surface area contributed by atoms with E-state index in [1.807, 2.05) is 6.92 Å². The minimum atomic E-state index is 0.0804. The molecule has 0 saturated heterocycles. The van der Waals surface area contributed by atoms with E-state index in [1.165, 1.54) is 12.2 Å². The van der Waals surface area contributed by atoms with E-state index in [4.69, 9.17) is 0 Å². The summed E-state index contributed by atoms with van der Waals surface area (Å²) >= 11 is 0. The second-order valence-corrected chi connectivity index (χ2v) is 1.76. The molecule has 0 amide bonds. The Morgan fingerprint density at radius 2 is 1.91 bits per heavy atom. The Hall–Kier alpha value is -1.50. The van der Waals surface area contributed by atoms with Gasteiger partial charge in [0, 0.05) is 0 Å². The van der Waals surface area contributed by atoms with Crippen LogP contribution in [0.15, 0.2) is 21.9 Å². The van der Waals surface area contributed by atoms with Crippen molar-refractivity contribution in [1.82, 2.24) is 0 Å². The summed E-state index contributed by atoms with van der Waals surface area (Å²) in [6, 6.07) is 0. The molecule has 0 N–H and O–H groups in total. The topological polar surface area (TPSA) is 58.9 Å². The first-order valence-electron chi connectivity index (χ1n) is 3.21. The Balaban J connectivity index is 4.31. The van der Waals surface area contributed by atoms with Gasteiger partial charge in [-0.05, 0) is 12.5 Å². The summed E-state index contributed by atoms with van der Waals surface area (Å²) in [4.78, 5) is 25.8. The van der Waals surface area contributed by atoms with Crippen molar-refractivity contribution >= 4 is 12.2 Å². The van der Waals surface area contributed by atoms with E-state index in [2.05, 4.69) is 9.98 Å². The lowest BCUT2D eigenvalue weighted by Crippen LogP contribution is -1.72. The average Bonchev–Trinajstić information content (AvgIpc) is 2.01. The van der Waals surface area contributed by atoms with Crippen LogP contribution < -0.4 is 0 Å². The fourth-order valence-corrected chi connectivity index (χ4v) is 0.483. The maximum absolute atomic E-state index is 9.73. The zero-order chi connectivity index (χ0) is 8.53. The molecule has 0 heterocycles. The highest BCUT2D eigenvalue weighted by Gasteiger charge is 1.87. The molecule has 0 saturated carbocycles. The van der Waals surface area contributed by atoms with Crippen molar-refractivity contribution in [3.8, 4) is 0 Å². The molecule has 58 valence electrons. The number of aliphatic imine (C=N–C) groups is 2. The van der Waals surface area contributed by atoms with Crippen molar-refractivity contribution in [1.29, 1.82) is 0 Å². The second-order valence-electron chi connectivity index (χ2n) is 1.76. The summed E-state index contributed by atoms with van der Waals surface area (Å²) in [6.07, 6.45) is 5.81. The van der Waals surface area contributed by atoms with E-state index in [0.717, 1.165) is 12.8 Å². The van der Waals surface area contributed by atoms with Crippen molar-refractivity contribution < 1.29 is 9.59 Å². The van der Waals surface area contributed by atoms with E-state index < -0.39 is 0 Å². The zero-order valence-electron chi connectivity index (χ0n) is 6.20. The molecular weight excluding hydrogens is 144 g/mol. The Labute approximate surface area is 64.4 Å². The van der Waals surface area contributed by atoms with Gasteiger partial charge in [-0.25, -0.2) is 9.59 Å². The molecule has 0 aliphatic rings. The van der Waals surface area contributed by atoms with Crippen molar-refractivity contribution in [3.05, 3.63) is 11.9 Å². The third-order valence-electron chi connectivity index (χ3n) is 0.936. The quantitative estimate of drug-likeness (QED) is 0.450. The number of rotatable bonds is 4. The van der Waals surface area contributed by atoms with Crippen molar-refractivity contribution in [2.24, 2.45) is 9.98 Å². The Morgan fingerprint density at radius 1 is 1.36 bits per heavy atom. The van der Waals surface area contributed by atoms with Gasteiger partial charge < -0.3 is 0 Å². The molecule has 0 aromatic rings. The number of allylic oxidation sites excluding steroid dienone is 1. The van der Waals surface area contributed by atoms with Gasteiger partial charge in [0.1, 0.15) is 0 Å². The fourth-order valence-electron chi connectivity index (χ4n) is 0.483. The van der Waals surface area contributed by atoms with E-state index >= 15 is 0 Å². The predicted octanol–water partition coefficient (Wildman–Crippen LogP) is 1.30. The van der Waals surface area contributed by atoms with Crippen molar-refractivity contribution in [2.75, 3.05) is 0 Å². The van der Waals surface area contributed by atoms with E-state index in [-0.39, 0.29) is 5.82 Å². The molecule has 4 nitrogen and oxygen atoms in total. The number of hydrogen-bond donors (Lipinski definition) is 0. The first-order chi connectivity index (χ1) is 5.35. The van der Waals surface area contributed by atoms with Crippen LogP contribution in [-0.4, -0.2) is 12.2 Å². The standard InChI is InChI=1S/C7H8N2O2/c1-2-3-4-7(8-5-10)9-6-11/h4H,2-3H2,1H3. The lowest BCUT2D eigenvalue weighted by Gasteiger charge is -1.85. The number of nitrogens with zero attached hydrogens (tertiary/aromatic N) is 2. The molecule has 0 aliphatic heterocycles. The molecule has 0 bridgehead atoms. The maximum Gasteiger partial charge on any atom is 0.242 e. The van der Waals surface area contributed by atoms with Gasteiger partial charge >= 0.3 is 0 Å². The van der Waals surface area contributed by atoms with Crippen LogP contribution in [0, 0.1) is 0 Å². The molecule has 0 radical (unpaired) electrons. The summed E-state index contributed by atoms with van der Waals surface area (Å²) in [5.74, 6) is 0.0804. The molecule has 4 heteroatoms. The Morgan fingerprint density at radius 3 is 2.27 bits per heavy atom. The average molecular weight is 152 g/mol. The van der Waals surface area contributed by atoms with Crippen LogP contribution in [0.1, 0.15) is 19.8 Å². The van der Waals surface area contributed by atoms with Gasteiger partial charge in [-0.1, -0.05) is 13.3 Å². The van der Waals surface area contributed by atoms with Gasteiger partial charge in [-0.15, -0.1) is 9.98 Å². The van der Waals surface area contributed by atoms with E-state index in [1.54, 1.807) is 6.08 Å². The molecule has 0 spiro atoms. The maximum atomic E-state index is 9.73. The predicted molar refractivity (Wildman–Crippen MR) is 39.2 cm³/mol. The van der Waals surface area contributed by atoms with Crippen LogP contribution in [0.4, 0.5) is 0 Å². The minimum absolute atomic E-state index is 0.0804. The molecule has 0 aromatic heterocycles. The van der Waals surface area contributed by atoms with Gasteiger partial charge in [0.15, 0.2) is 5.82 Å². The largest absolute Gasteiger partial charge is 0.242 e. The molecule has 0 aliphatic carbocycles. The zero-order valence-corrected chi connectivity index (χ0v) is 6.20. The lowest BCUT2D eigenvalue weighted by atomic mass is 10.3. The van der Waals surface area contributed by atoms with Gasteiger partial charge in [0.25, 0.3) is 0 Å².